The van der Waals surface area contributed by atoms with E-state index in [1.807, 2.05) is 13.8 Å². The van der Waals surface area contributed by atoms with Gasteiger partial charge in [-0.3, -0.25) is 9.48 Å². The molecule has 1 N–H and O–H groups in total. The maximum atomic E-state index is 12.9. The van der Waals surface area contributed by atoms with E-state index in [9.17, 15) is 9.18 Å². The number of rotatable bonds is 5. The average molecular weight is 310 g/mol. The maximum absolute atomic E-state index is 12.9. The van der Waals surface area contributed by atoms with E-state index in [1.165, 1.54) is 12.1 Å². The van der Waals surface area contributed by atoms with Crippen molar-refractivity contribution in [2.45, 2.75) is 26.3 Å². The first-order valence-electron chi connectivity index (χ1n) is 6.78. The first-order chi connectivity index (χ1) is 10.0. The highest BCUT2D eigenvalue weighted by atomic mass is 35.5. The van der Waals surface area contributed by atoms with Gasteiger partial charge < -0.3 is 5.32 Å². The normalized spacial score (nSPS) is 12.2. The van der Waals surface area contributed by atoms with Gasteiger partial charge in [0.25, 0.3) is 5.91 Å². The van der Waals surface area contributed by atoms with E-state index in [1.54, 1.807) is 23.0 Å². The van der Waals surface area contributed by atoms with Crippen LogP contribution >= 0.6 is 11.6 Å². The minimum Gasteiger partial charge on any atom is -0.350 e. The third kappa shape index (κ3) is 3.82. The highest BCUT2D eigenvalue weighted by Gasteiger charge is 2.16. The third-order valence-corrected chi connectivity index (χ3v) is 3.54. The molecule has 6 heteroatoms. The van der Waals surface area contributed by atoms with Crippen LogP contribution in [-0.4, -0.2) is 22.2 Å². The predicted octanol–water partition coefficient (Wildman–Crippen LogP) is 3.23. The molecular formula is C15H17ClFN3O. The van der Waals surface area contributed by atoms with Crippen molar-refractivity contribution in [2.75, 3.05) is 6.54 Å². The molecule has 1 aromatic carbocycles. The number of halogens is 2. The molecule has 21 heavy (non-hydrogen) atoms. The summed E-state index contributed by atoms with van der Waals surface area (Å²) in [6, 6.07) is 6.25. The van der Waals surface area contributed by atoms with E-state index in [-0.39, 0.29) is 23.3 Å². The molecule has 0 aliphatic heterocycles. The topological polar surface area (TPSA) is 46.9 Å². The van der Waals surface area contributed by atoms with Crippen molar-refractivity contribution in [2.24, 2.45) is 0 Å². The highest BCUT2D eigenvalue weighted by Crippen LogP contribution is 2.16. The molecule has 1 aromatic heterocycles. The second kappa shape index (κ2) is 6.72. The molecule has 2 aromatic rings. The predicted molar refractivity (Wildman–Crippen MR) is 80.1 cm³/mol. The van der Waals surface area contributed by atoms with E-state index in [0.717, 1.165) is 5.56 Å². The summed E-state index contributed by atoms with van der Waals surface area (Å²) < 4.78 is 14.5. The van der Waals surface area contributed by atoms with Crippen LogP contribution < -0.4 is 5.32 Å². The van der Waals surface area contributed by atoms with Crippen molar-refractivity contribution in [1.82, 2.24) is 15.1 Å². The fraction of sp³-hybridized carbons (Fsp3) is 0.333. The lowest BCUT2D eigenvalue weighted by Gasteiger charge is -2.12. The molecule has 112 valence electrons. The molecule has 0 aliphatic carbocycles. The molecule has 0 saturated carbocycles. The summed E-state index contributed by atoms with van der Waals surface area (Å²) in [6.07, 6.45) is 1.62. The molecule has 0 spiro atoms. The van der Waals surface area contributed by atoms with Gasteiger partial charge in [-0.05, 0) is 30.5 Å². The number of hydrogen-bond acceptors (Lipinski definition) is 2. The molecule has 1 unspecified atom stereocenters. The molecule has 0 aliphatic rings. The monoisotopic (exact) mass is 309 g/mol. The molecule has 2 rings (SSSR count). The van der Waals surface area contributed by atoms with E-state index in [0.29, 0.717) is 18.1 Å². The van der Waals surface area contributed by atoms with Gasteiger partial charge in [-0.15, -0.1) is 0 Å². The first kappa shape index (κ1) is 15.5. The lowest BCUT2D eigenvalue weighted by atomic mass is 10.0. The fourth-order valence-corrected chi connectivity index (χ4v) is 2.19. The van der Waals surface area contributed by atoms with Gasteiger partial charge in [0.2, 0.25) is 0 Å². The van der Waals surface area contributed by atoms with Crippen LogP contribution in [0, 0.1) is 5.82 Å². The van der Waals surface area contributed by atoms with E-state index >= 15 is 0 Å². The van der Waals surface area contributed by atoms with Crippen molar-refractivity contribution in [3.8, 4) is 0 Å². The van der Waals surface area contributed by atoms with Crippen molar-refractivity contribution in [1.29, 1.82) is 0 Å². The fourth-order valence-electron chi connectivity index (χ4n) is 1.95. The van der Waals surface area contributed by atoms with Gasteiger partial charge in [-0.25, -0.2) is 4.39 Å². The average Bonchev–Trinajstić information content (AvgIpc) is 2.86. The van der Waals surface area contributed by atoms with Gasteiger partial charge in [-0.2, -0.15) is 5.10 Å². The molecule has 0 bridgehead atoms. The van der Waals surface area contributed by atoms with Crippen molar-refractivity contribution in [3.05, 3.63) is 52.6 Å². The SMILES string of the molecule is CCn1cc(Cl)c(C(=O)NCC(C)c2ccc(F)cc2)n1. The summed E-state index contributed by atoms with van der Waals surface area (Å²) >= 11 is 5.98. The van der Waals surface area contributed by atoms with Crippen LogP contribution in [0.3, 0.4) is 0 Å². The van der Waals surface area contributed by atoms with Gasteiger partial charge in [0.15, 0.2) is 5.69 Å². The summed E-state index contributed by atoms with van der Waals surface area (Å²) in [7, 11) is 0. The Kier molecular flexibility index (Phi) is 4.96. The minimum atomic E-state index is -0.304. The van der Waals surface area contributed by atoms with Crippen molar-refractivity contribution in [3.63, 3.8) is 0 Å². The van der Waals surface area contributed by atoms with Crippen LogP contribution in [0.25, 0.3) is 0 Å². The van der Waals surface area contributed by atoms with Crippen molar-refractivity contribution < 1.29 is 9.18 Å². The van der Waals surface area contributed by atoms with E-state index in [2.05, 4.69) is 10.4 Å². The number of hydrogen-bond donors (Lipinski definition) is 1. The molecule has 1 amide bonds. The Bertz CT molecular complexity index is 624. The molecular weight excluding hydrogens is 293 g/mol. The Balaban J connectivity index is 1.97. The maximum Gasteiger partial charge on any atom is 0.273 e. The molecule has 0 fully saturated rings. The van der Waals surface area contributed by atoms with Crippen LogP contribution in [0.1, 0.15) is 35.8 Å². The minimum absolute atomic E-state index is 0.0709. The van der Waals surface area contributed by atoms with E-state index < -0.39 is 0 Å². The van der Waals surface area contributed by atoms with Crippen LogP contribution in [0.2, 0.25) is 5.02 Å². The number of amides is 1. The zero-order chi connectivity index (χ0) is 15.4. The van der Waals surface area contributed by atoms with Crippen LogP contribution in [0.5, 0.6) is 0 Å². The molecule has 4 nitrogen and oxygen atoms in total. The largest absolute Gasteiger partial charge is 0.350 e. The van der Waals surface area contributed by atoms with Gasteiger partial charge in [0.1, 0.15) is 5.82 Å². The van der Waals surface area contributed by atoms with Gasteiger partial charge in [0.05, 0.1) is 5.02 Å². The number of carbonyl (C=O) groups excluding carboxylic acids is 1. The lowest BCUT2D eigenvalue weighted by Crippen LogP contribution is -2.28. The zero-order valence-corrected chi connectivity index (χ0v) is 12.7. The molecule has 0 saturated heterocycles. The summed E-state index contributed by atoms with van der Waals surface area (Å²) in [5.74, 6) is -0.505. The standard InChI is InChI=1S/C15H17ClFN3O/c1-3-20-9-13(16)14(19-20)15(21)18-8-10(2)11-4-6-12(17)7-5-11/h4-7,9-10H,3,8H2,1-2H3,(H,18,21). The molecule has 0 radical (unpaired) electrons. The smallest absolute Gasteiger partial charge is 0.273 e. The Labute approximate surface area is 127 Å². The Morgan fingerprint density at radius 1 is 1.43 bits per heavy atom. The summed E-state index contributed by atoms with van der Waals surface area (Å²) in [4.78, 5) is 12.1. The quantitative estimate of drug-likeness (QED) is 0.921. The lowest BCUT2D eigenvalue weighted by molar-refractivity contribution is 0.0946. The Hall–Kier alpha value is -1.88. The molecule has 1 atom stereocenters. The summed E-state index contributed by atoms with van der Waals surface area (Å²) in [5, 5.41) is 7.25. The number of aryl methyl sites for hydroxylation is 1. The number of nitrogens with zero attached hydrogens (tertiary/aromatic N) is 2. The van der Waals surface area contributed by atoms with Gasteiger partial charge in [-0.1, -0.05) is 30.7 Å². The van der Waals surface area contributed by atoms with Crippen LogP contribution in [0.4, 0.5) is 4.39 Å². The highest BCUT2D eigenvalue weighted by molar-refractivity contribution is 6.33. The van der Waals surface area contributed by atoms with Crippen molar-refractivity contribution >= 4 is 17.5 Å². The Morgan fingerprint density at radius 3 is 2.67 bits per heavy atom. The van der Waals surface area contributed by atoms with Crippen LogP contribution in [0.15, 0.2) is 30.5 Å². The second-order valence-electron chi connectivity index (χ2n) is 4.84. The molecule has 1 heterocycles. The second-order valence-corrected chi connectivity index (χ2v) is 5.25. The number of aromatic nitrogens is 2. The van der Waals surface area contributed by atoms with Gasteiger partial charge >= 0.3 is 0 Å². The Morgan fingerprint density at radius 2 is 2.10 bits per heavy atom. The van der Waals surface area contributed by atoms with Crippen LogP contribution in [-0.2, 0) is 6.54 Å². The summed E-state index contributed by atoms with van der Waals surface area (Å²) in [5.41, 5.74) is 1.19. The number of nitrogens with one attached hydrogen (secondary N) is 1. The first-order valence-corrected chi connectivity index (χ1v) is 7.15. The third-order valence-electron chi connectivity index (χ3n) is 3.26. The number of carbonyl (C=O) groups is 1. The summed E-state index contributed by atoms with van der Waals surface area (Å²) in [6.45, 7) is 4.96. The van der Waals surface area contributed by atoms with Gasteiger partial charge in [0, 0.05) is 19.3 Å². The zero-order valence-electron chi connectivity index (χ0n) is 11.9. The van der Waals surface area contributed by atoms with E-state index in [4.69, 9.17) is 11.6 Å². The number of benzene rings is 1.